The fraction of sp³-hybridized carbons (Fsp3) is 0.300. The molecule has 92 valence electrons. The van der Waals surface area contributed by atoms with Gasteiger partial charge in [-0.1, -0.05) is 15.9 Å². The van der Waals surface area contributed by atoms with E-state index in [0.29, 0.717) is 0 Å². The lowest BCUT2D eigenvalue weighted by Gasteiger charge is -2.18. The molecule has 0 amide bonds. The van der Waals surface area contributed by atoms with Crippen LogP contribution in [0.15, 0.2) is 16.6 Å². The monoisotopic (exact) mass is 311 g/mol. The summed E-state index contributed by atoms with van der Waals surface area (Å²) in [5.41, 5.74) is -0.552. The second-order valence-corrected chi connectivity index (χ2v) is 4.09. The van der Waals surface area contributed by atoms with E-state index in [1.165, 1.54) is 6.07 Å². The molecule has 0 saturated heterocycles. The first-order chi connectivity index (χ1) is 7.75. The molecular weight excluding hydrogens is 306 g/mol. The summed E-state index contributed by atoms with van der Waals surface area (Å²) in [4.78, 5) is 0. The fourth-order valence-corrected chi connectivity index (χ4v) is 1.42. The molecule has 2 nitrogen and oxygen atoms in total. The summed E-state index contributed by atoms with van der Waals surface area (Å²) in [6, 6.07) is 3.55. The van der Waals surface area contributed by atoms with E-state index in [9.17, 15) is 17.6 Å². The number of ether oxygens (including phenoxy) is 1. The molecule has 0 unspecified atom stereocenters. The van der Waals surface area contributed by atoms with Gasteiger partial charge in [0.15, 0.2) is 6.10 Å². The normalized spacial score (nSPS) is 13.0. The van der Waals surface area contributed by atoms with E-state index in [2.05, 4.69) is 20.7 Å². The number of nitriles is 1. The van der Waals surface area contributed by atoms with E-state index >= 15 is 0 Å². The Hall–Kier alpha value is -1.29. The molecule has 0 N–H and O–H groups in total. The molecule has 1 aromatic carbocycles. The number of nitrogens with zero attached hydrogens (tertiary/aromatic N) is 1. The Balaban J connectivity index is 3.11. The minimum atomic E-state index is -4.58. The zero-order chi connectivity index (χ0) is 13.2. The lowest BCUT2D eigenvalue weighted by Crippen LogP contribution is -2.31. The quantitative estimate of drug-likeness (QED) is 0.779. The summed E-state index contributed by atoms with van der Waals surface area (Å²) in [6.07, 6.45) is -6.70. The molecule has 1 atom stereocenters. The second kappa shape index (κ2) is 4.92. The zero-order valence-corrected chi connectivity index (χ0v) is 10.1. The minimum absolute atomic E-state index is 0.193. The van der Waals surface area contributed by atoms with E-state index in [-0.39, 0.29) is 4.47 Å². The Bertz CT molecular complexity index is 467. The number of alkyl halides is 3. The molecule has 0 aliphatic carbocycles. The molecule has 0 aliphatic heterocycles. The predicted octanol–water partition coefficient (Wildman–Crippen LogP) is 3.79. The van der Waals surface area contributed by atoms with Crippen LogP contribution in [0.2, 0.25) is 0 Å². The van der Waals surface area contributed by atoms with Crippen molar-refractivity contribution in [2.45, 2.75) is 19.2 Å². The topological polar surface area (TPSA) is 33.0 Å². The smallest absolute Gasteiger partial charge is 0.425 e. The summed E-state index contributed by atoms with van der Waals surface area (Å²) < 4.78 is 54.8. The van der Waals surface area contributed by atoms with Crippen molar-refractivity contribution in [3.05, 3.63) is 28.0 Å². The third kappa shape index (κ3) is 3.33. The van der Waals surface area contributed by atoms with Crippen LogP contribution in [0, 0.1) is 17.1 Å². The molecule has 0 heterocycles. The molecule has 7 heteroatoms. The van der Waals surface area contributed by atoms with Gasteiger partial charge in [-0.25, -0.2) is 4.39 Å². The van der Waals surface area contributed by atoms with E-state index in [1.54, 1.807) is 0 Å². The largest absolute Gasteiger partial charge is 0.480 e. The number of benzene rings is 1. The summed E-state index contributed by atoms with van der Waals surface area (Å²) in [5.74, 6) is -1.38. The number of rotatable bonds is 2. The molecule has 0 bridgehead atoms. The third-order valence-corrected chi connectivity index (χ3v) is 2.35. The van der Waals surface area contributed by atoms with Gasteiger partial charge >= 0.3 is 6.18 Å². The van der Waals surface area contributed by atoms with Gasteiger partial charge in [0, 0.05) is 4.47 Å². The van der Waals surface area contributed by atoms with Crippen molar-refractivity contribution in [2.24, 2.45) is 0 Å². The van der Waals surface area contributed by atoms with Gasteiger partial charge in [-0.15, -0.1) is 0 Å². The van der Waals surface area contributed by atoms with Crippen molar-refractivity contribution < 1.29 is 22.3 Å². The Labute approximate surface area is 103 Å². The summed E-state index contributed by atoms with van der Waals surface area (Å²) in [7, 11) is 0. The highest BCUT2D eigenvalue weighted by Crippen LogP contribution is 2.30. The molecule has 0 saturated carbocycles. The van der Waals surface area contributed by atoms with Gasteiger partial charge in [-0.3, -0.25) is 0 Å². The van der Waals surface area contributed by atoms with Crippen molar-refractivity contribution in [2.75, 3.05) is 0 Å². The summed E-state index contributed by atoms with van der Waals surface area (Å²) >= 11 is 2.91. The number of hydrogen-bond acceptors (Lipinski definition) is 2. The maximum Gasteiger partial charge on any atom is 0.425 e. The van der Waals surface area contributed by atoms with Gasteiger partial charge in [-0.2, -0.15) is 18.4 Å². The molecule has 1 rings (SSSR count). The van der Waals surface area contributed by atoms with E-state index in [0.717, 1.165) is 19.1 Å². The van der Waals surface area contributed by atoms with Crippen LogP contribution in [0.5, 0.6) is 5.75 Å². The van der Waals surface area contributed by atoms with Crippen LogP contribution in [-0.4, -0.2) is 12.3 Å². The Morgan fingerprint density at radius 1 is 1.41 bits per heavy atom. The van der Waals surface area contributed by atoms with Gasteiger partial charge in [-0.05, 0) is 19.1 Å². The first-order valence-corrected chi connectivity index (χ1v) is 5.17. The highest BCUT2D eigenvalue weighted by Gasteiger charge is 2.38. The average molecular weight is 312 g/mol. The van der Waals surface area contributed by atoms with Crippen molar-refractivity contribution in [3.63, 3.8) is 0 Å². The second-order valence-electron chi connectivity index (χ2n) is 3.17. The molecule has 0 aliphatic rings. The first kappa shape index (κ1) is 13.8. The van der Waals surface area contributed by atoms with Crippen LogP contribution < -0.4 is 4.74 Å². The molecule has 0 aromatic heterocycles. The highest BCUT2D eigenvalue weighted by molar-refractivity contribution is 9.10. The third-order valence-electron chi connectivity index (χ3n) is 1.90. The van der Waals surface area contributed by atoms with Crippen LogP contribution in [0.4, 0.5) is 17.6 Å². The summed E-state index contributed by atoms with van der Waals surface area (Å²) in [6.45, 7) is 0.778. The van der Waals surface area contributed by atoms with Gasteiger partial charge in [0.25, 0.3) is 0 Å². The van der Waals surface area contributed by atoms with Gasteiger partial charge in [0.1, 0.15) is 23.2 Å². The van der Waals surface area contributed by atoms with Gasteiger partial charge in [0.2, 0.25) is 0 Å². The summed E-state index contributed by atoms with van der Waals surface area (Å²) in [5, 5.41) is 8.64. The molecule has 1 aromatic rings. The molecular formula is C10H6BrF4NO. The zero-order valence-electron chi connectivity index (χ0n) is 8.48. The lowest BCUT2D eigenvalue weighted by molar-refractivity contribution is -0.189. The van der Waals surface area contributed by atoms with Crippen molar-refractivity contribution in [1.29, 1.82) is 5.26 Å². The number of halogens is 5. The van der Waals surface area contributed by atoms with E-state index in [1.807, 2.05) is 0 Å². The lowest BCUT2D eigenvalue weighted by atomic mass is 10.2. The van der Waals surface area contributed by atoms with Crippen molar-refractivity contribution >= 4 is 15.9 Å². The van der Waals surface area contributed by atoms with Crippen LogP contribution in [0.3, 0.4) is 0 Å². The van der Waals surface area contributed by atoms with Gasteiger partial charge < -0.3 is 4.74 Å². The van der Waals surface area contributed by atoms with Crippen molar-refractivity contribution in [3.8, 4) is 11.8 Å². The molecule has 0 fully saturated rings. The minimum Gasteiger partial charge on any atom is -0.480 e. The number of hydrogen-bond donors (Lipinski definition) is 0. The molecule has 17 heavy (non-hydrogen) atoms. The predicted molar refractivity (Wildman–Crippen MR) is 55.0 cm³/mol. The first-order valence-electron chi connectivity index (χ1n) is 4.38. The van der Waals surface area contributed by atoms with Crippen LogP contribution in [0.1, 0.15) is 12.5 Å². The maximum atomic E-state index is 13.2. The molecule has 0 spiro atoms. The maximum absolute atomic E-state index is 13.2. The van der Waals surface area contributed by atoms with Crippen LogP contribution in [-0.2, 0) is 0 Å². The Morgan fingerprint density at radius 2 is 2.00 bits per heavy atom. The van der Waals surface area contributed by atoms with E-state index < -0.39 is 29.4 Å². The van der Waals surface area contributed by atoms with Crippen LogP contribution in [0.25, 0.3) is 0 Å². The standard InChI is InChI=1S/C10H6BrF4NO/c1-5(10(13,14)15)17-9-3-6(11)2-8(12)7(9)4-16/h2-3,5H,1H3/t5-/m0/s1. The average Bonchev–Trinajstić information content (AvgIpc) is 2.15. The van der Waals surface area contributed by atoms with Gasteiger partial charge in [0.05, 0.1) is 0 Å². The van der Waals surface area contributed by atoms with E-state index in [4.69, 9.17) is 5.26 Å². The highest BCUT2D eigenvalue weighted by atomic mass is 79.9. The SMILES string of the molecule is C[C@H](Oc1cc(Br)cc(F)c1C#N)C(F)(F)F. The Morgan fingerprint density at radius 3 is 2.47 bits per heavy atom. The molecule has 0 radical (unpaired) electrons. The van der Waals surface area contributed by atoms with Crippen molar-refractivity contribution in [1.82, 2.24) is 0 Å². The Kier molecular flexibility index (Phi) is 3.98. The fourth-order valence-electron chi connectivity index (χ4n) is 1.01. The van der Waals surface area contributed by atoms with Crippen LogP contribution >= 0.6 is 15.9 Å².